The average molecular weight is 376 g/mol. The molecule has 132 valence electrons. The number of benzene rings is 2. The second-order valence-corrected chi connectivity index (χ2v) is 7.64. The molecule has 1 aliphatic rings. The molecule has 1 fully saturated rings. The minimum atomic E-state index is -0.00325. The first kappa shape index (κ1) is 18.2. The van der Waals surface area contributed by atoms with Gasteiger partial charge in [-0.2, -0.15) is 0 Å². The van der Waals surface area contributed by atoms with Gasteiger partial charge in [0.15, 0.2) is 0 Å². The van der Waals surface area contributed by atoms with E-state index in [1.54, 1.807) is 11.8 Å². The lowest BCUT2D eigenvalue weighted by Crippen LogP contribution is -2.14. The van der Waals surface area contributed by atoms with Crippen LogP contribution in [0.4, 0.5) is 5.69 Å². The number of hydrogen-bond acceptors (Lipinski definition) is 3. The Labute approximate surface area is 158 Å². The number of thioether (sulfide) groups is 1. The first-order valence-electron chi connectivity index (χ1n) is 8.58. The van der Waals surface area contributed by atoms with E-state index in [1.807, 2.05) is 48.5 Å². The Balaban J connectivity index is 1.41. The minimum Gasteiger partial charge on any atom is -0.490 e. The summed E-state index contributed by atoms with van der Waals surface area (Å²) in [4.78, 5) is 12.0. The summed E-state index contributed by atoms with van der Waals surface area (Å²) in [5.74, 6) is 2.05. The monoisotopic (exact) mass is 375 g/mol. The summed E-state index contributed by atoms with van der Waals surface area (Å²) in [6.07, 6.45) is 5.14. The van der Waals surface area contributed by atoms with Gasteiger partial charge in [0.05, 0.1) is 11.9 Å². The predicted molar refractivity (Wildman–Crippen MR) is 106 cm³/mol. The van der Waals surface area contributed by atoms with E-state index in [1.165, 1.54) is 12.8 Å². The topological polar surface area (TPSA) is 38.3 Å². The molecule has 0 saturated heterocycles. The molecule has 1 amide bonds. The highest BCUT2D eigenvalue weighted by Gasteiger charge is 2.16. The van der Waals surface area contributed by atoms with Crippen molar-refractivity contribution in [2.24, 2.45) is 0 Å². The molecule has 1 aliphatic carbocycles. The third-order valence-electron chi connectivity index (χ3n) is 4.13. The Morgan fingerprint density at radius 1 is 1.16 bits per heavy atom. The molecule has 3 rings (SSSR count). The number of nitrogens with one attached hydrogen (secondary N) is 1. The van der Waals surface area contributed by atoms with Crippen LogP contribution in [-0.2, 0) is 10.5 Å². The Morgan fingerprint density at radius 3 is 2.64 bits per heavy atom. The van der Waals surface area contributed by atoms with Crippen molar-refractivity contribution < 1.29 is 9.53 Å². The van der Waals surface area contributed by atoms with Crippen LogP contribution in [-0.4, -0.2) is 17.8 Å². The van der Waals surface area contributed by atoms with Crippen molar-refractivity contribution in [1.29, 1.82) is 0 Å². The van der Waals surface area contributed by atoms with Crippen LogP contribution >= 0.6 is 23.4 Å². The van der Waals surface area contributed by atoms with E-state index in [4.69, 9.17) is 16.3 Å². The summed E-state index contributed by atoms with van der Waals surface area (Å²) in [6, 6.07) is 15.3. The fourth-order valence-electron chi connectivity index (χ4n) is 2.90. The number of rotatable bonds is 7. The van der Waals surface area contributed by atoms with E-state index in [2.05, 4.69) is 5.32 Å². The molecule has 0 atom stereocenters. The average Bonchev–Trinajstić information content (AvgIpc) is 3.10. The van der Waals surface area contributed by atoms with E-state index in [9.17, 15) is 4.79 Å². The van der Waals surface area contributed by atoms with Crippen molar-refractivity contribution in [1.82, 2.24) is 0 Å². The smallest absolute Gasteiger partial charge is 0.234 e. The molecule has 0 bridgehead atoms. The summed E-state index contributed by atoms with van der Waals surface area (Å²) >= 11 is 7.53. The van der Waals surface area contributed by atoms with Crippen LogP contribution in [0.1, 0.15) is 31.2 Å². The molecule has 0 radical (unpaired) electrons. The Kier molecular flexibility index (Phi) is 6.65. The van der Waals surface area contributed by atoms with Crippen molar-refractivity contribution in [3.05, 3.63) is 59.1 Å². The van der Waals surface area contributed by atoms with Gasteiger partial charge in [0.25, 0.3) is 0 Å². The van der Waals surface area contributed by atoms with Crippen LogP contribution in [0.15, 0.2) is 48.5 Å². The van der Waals surface area contributed by atoms with Crippen molar-refractivity contribution >= 4 is 35.0 Å². The maximum Gasteiger partial charge on any atom is 0.234 e. The lowest BCUT2D eigenvalue weighted by Gasteiger charge is -2.13. The molecule has 0 spiro atoms. The predicted octanol–water partition coefficient (Wildman–Crippen LogP) is 5.53. The Hall–Kier alpha value is -1.65. The van der Waals surface area contributed by atoms with Gasteiger partial charge in [-0.05, 0) is 67.6 Å². The van der Waals surface area contributed by atoms with Gasteiger partial charge in [0, 0.05) is 16.5 Å². The number of carbonyl (C=O) groups is 1. The quantitative estimate of drug-likeness (QED) is 0.691. The molecule has 1 N–H and O–H groups in total. The summed E-state index contributed by atoms with van der Waals surface area (Å²) in [7, 11) is 0. The normalized spacial score (nSPS) is 14.4. The SMILES string of the molecule is O=C(CSCc1cccc(Cl)c1)Nc1ccc(OC2CCCC2)cc1. The van der Waals surface area contributed by atoms with Gasteiger partial charge >= 0.3 is 0 Å². The first-order valence-corrected chi connectivity index (χ1v) is 10.1. The van der Waals surface area contributed by atoms with Crippen LogP contribution in [0.25, 0.3) is 0 Å². The molecule has 2 aromatic carbocycles. The van der Waals surface area contributed by atoms with Crippen LogP contribution < -0.4 is 10.1 Å². The molecule has 5 heteroatoms. The van der Waals surface area contributed by atoms with Gasteiger partial charge in [-0.3, -0.25) is 4.79 Å². The first-order chi connectivity index (χ1) is 12.2. The highest BCUT2D eigenvalue weighted by Crippen LogP contribution is 2.25. The second-order valence-electron chi connectivity index (χ2n) is 6.22. The number of anilines is 1. The number of halogens is 1. The van der Waals surface area contributed by atoms with Gasteiger partial charge in [0.1, 0.15) is 5.75 Å². The molecular weight excluding hydrogens is 354 g/mol. The maximum atomic E-state index is 12.0. The zero-order valence-electron chi connectivity index (χ0n) is 14.0. The van der Waals surface area contributed by atoms with E-state index in [0.717, 1.165) is 40.6 Å². The third kappa shape index (κ3) is 5.98. The summed E-state index contributed by atoms with van der Waals surface area (Å²) in [6.45, 7) is 0. The van der Waals surface area contributed by atoms with E-state index < -0.39 is 0 Å². The standard InChI is InChI=1S/C20H22ClNO2S/c21-16-5-3-4-15(12-16)13-25-14-20(23)22-17-8-10-19(11-9-17)24-18-6-1-2-7-18/h3-5,8-12,18H,1-2,6-7,13-14H2,(H,22,23). The lowest BCUT2D eigenvalue weighted by atomic mass is 10.2. The molecule has 25 heavy (non-hydrogen) atoms. The largest absolute Gasteiger partial charge is 0.490 e. The molecular formula is C20H22ClNO2S. The minimum absolute atomic E-state index is 0.00325. The van der Waals surface area contributed by atoms with Crippen LogP contribution in [0.2, 0.25) is 5.02 Å². The van der Waals surface area contributed by atoms with Crippen molar-refractivity contribution in [2.45, 2.75) is 37.5 Å². The van der Waals surface area contributed by atoms with Gasteiger partial charge in [-0.25, -0.2) is 0 Å². The van der Waals surface area contributed by atoms with Gasteiger partial charge in [-0.15, -0.1) is 11.8 Å². The zero-order chi connectivity index (χ0) is 17.5. The maximum absolute atomic E-state index is 12.0. The molecule has 0 unspecified atom stereocenters. The van der Waals surface area contributed by atoms with Gasteiger partial charge < -0.3 is 10.1 Å². The van der Waals surface area contributed by atoms with Crippen molar-refractivity contribution in [2.75, 3.05) is 11.1 Å². The number of amides is 1. The van der Waals surface area contributed by atoms with Gasteiger partial charge in [-0.1, -0.05) is 23.7 Å². The zero-order valence-corrected chi connectivity index (χ0v) is 15.6. The lowest BCUT2D eigenvalue weighted by molar-refractivity contribution is -0.113. The fourth-order valence-corrected chi connectivity index (χ4v) is 3.89. The van der Waals surface area contributed by atoms with Crippen molar-refractivity contribution in [3.63, 3.8) is 0 Å². The molecule has 0 aliphatic heterocycles. The summed E-state index contributed by atoms with van der Waals surface area (Å²) in [5, 5.41) is 3.64. The van der Waals surface area contributed by atoms with Crippen LogP contribution in [0, 0.1) is 0 Å². The second kappa shape index (κ2) is 9.16. The van der Waals surface area contributed by atoms with Crippen LogP contribution in [0.3, 0.4) is 0 Å². The molecule has 1 saturated carbocycles. The van der Waals surface area contributed by atoms with Crippen LogP contribution in [0.5, 0.6) is 5.75 Å². The Morgan fingerprint density at radius 2 is 1.92 bits per heavy atom. The fraction of sp³-hybridized carbons (Fsp3) is 0.350. The highest BCUT2D eigenvalue weighted by molar-refractivity contribution is 7.99. The number of hydrogen-bond donors (Lipinski definition) is 1. The van der Waals surface area contributed by atoms with Gasteiger partial charge in [0.2, 0.25) is 5.91 Å². The van der Waals surface area contributed by atoms with E-state index in [0.29, 0.717) is 11.9 Å². The molecule has 0 aromatic heterocycles. The Bertz CT molecular complexity index is 699. The van der Waals surface area contributed by atoms with E-state index in [-0.39, 0.29) is 5.91 Å². The number of carbonyl (C=O) groups excluding carboxylic acids is 1. The highest BCUT2D eigenvalue weighted by atomic mass is 35.5. The van der Waals surface area contributed by atoms with E-state index >= 15 is 0 Å². The summed E-state index contributed by atoms with van der Waals surface area (Å²) in [5.41, 5.74) is 1.92. The third-order valence-corrected chi connectivity index (χ3v) is 5.37. The molecule has 2 aromatic rings. The number of ether oxygens (including phenoxy) is 1. The summed E-state index contributed by atoms with van der Waals surface area (Å²) < 4.78 is 5.93. The van der Waals surface area contributed by atoms with Crippen molar-refractivity contribution in [3.8, 4) is 5.75 Å². The molecule has 0 heterocycles. The molecule has 3 nitrogen and oxygen atoms in total.